The topological polar surface area (TPSA) is 12.9 Å². The molecule has 0 aromatic carbocycles. The van der Waals surface area contributed by atoms with Gasteiger partial charge in [-0.05, 0) is 11.6 Å². The molecule has 6 heteroatoms. The molecule has 1 heterocycles. The Morgan fingerprint density at radius 1 is 1.38 bits per heavy atom. The third-order valence-corrected chi connectivity index (χ3v) is 2.30. The molecule has 0 saturated carbocycles. The summed E-state index contributed by atoms with van der Waals surface area (Å²) in [5.74, 6) is 0.0286. The van der Waals surface area contributed by atoms with Crippen LogP contribution in [0, 0.1) is 0 Å². The minimum Gasteiger partial charge on any atom is -0.234 e. The van der Waals surface area contributed by atoms with Crippen molar-refractivity contribution in [1.29, 1.82) is 0 Å². The molecule has 0 unspecified atom stereocenters. The third kappa shape index (κ3) is 2.42. The quantitative estimate of drug-likeness (QED) is 0.566. The van der Waals surface area contributed by atoms with E-state index < -0.39 is 12.1 Å². The fourth-order valence-corrected chi connectivity index (χ4v) is 1.56. The van der Waals surface area contributed by atoms with Crippen molar-refractivity contribution >= 4 is 34.8 Å². The molecule has 72 valence electrons. The molecule has 0 N–H and O–H groups in total. The van der Waals surface area contributed by atoms with Crippen LogP contribution in [0.3, 0.4) is 0 Å². The van der Waals surface area contributed by atoms with Gasteiger partial charge in [-0.2, -0.15) is 0 Å². The molecule has 13 heavy (non-hydrogen) atoms. The van der Waals surface area contributed by atoms with Gasteiger partial charge >= 0.3 is 0 Å². The van der Waals surface area contributed by atoms with Crippen LogP contribution in [-0.4, -0.2) is 4.98 Å². The zero-order valence-corrected chi connectivity index (χ0v) is 8.47. The summed E-state index contributed by atoms with van der Waals surface area (Å²) in [7, 11) is 0. The Balaban J connectivity index is 3.27. The third-order valence-electron chi connectivity index (χ3n) is 1.38. The van der Waals surface area contributed by atoms with Crippen molar-refractivity contribution in [2.24, 2.45) is 0 Å². The molecular weight excluding hydrogens is 242 g/mol. The van der Waals surface area contributed by atoms with Gasteiger partial charge in [0.2, 0.25) is 0 Å². The normalized spacial score (nSPS) is 10.9. The van der Waals surface area contributed by atoms with Gasteiger partial charge in [0.1, 0.15) is 10.8 Å². The number of pyridine rings is 1. The highest BCUT2D eigenvalue weighted by Gasteiger charge is 2.17. The minimum atomic E-state index is -2.74. The SMILES string of the molecule is FC(F)c1nc(Cl)cc(CCl)c1Cl. The van der Waals surface area contributed by atoms with E-state index in [-0.39, 0.29) is 16.1 Å². The lowest BCUT2D eigenvalue weighted by atomic mass is 10.2. The lowest BCUT2D eigenvalue weighted by Gasteiger charge is -2.06. The van der Waals surface area contributed by atoms with Crippen molar-refractivity contribution < 1.29 is 8.78 Å². The van der Waals surface area contributed by atoms with Crippen LogP contribution in [0.4, 0.5) is 8.78 Å². The Bertz CT molecular complexity index is 317. The summed E-state index contributed by atoms with van der Waals surface area (Å²) in [6.45, 7) is 0. The first-order valence-electron chi connectivity index (χ1n) is 3.25. The van der Waals surface area contributed by atoms with Gasteiger partial charge < -0.3 is 0 Å². The molecule has 0 aliphatic heterocycles. The first-order valence-corrected chi connectivity index (χ1v) is 4.54. The van der Waals surface area contributed by atoms with Gasteiger partial charge in [-0.15, -0.1) is 11.6 Å². The lowest BCUT2D eigenvalue weighted by Crippen LogP contribution is -1.95. The second-order valence-corrected chi connectivity index (χ2v) is 3.27. The average Bonchev–Trinajstić information content (AvgIpc) is 2.08. The number of rotatable bonds is 2. The minimum absolute atomic E-state index is 0.0286. The Labute approximate surface area is 88.6 Å². The fourth-order valence-electron chi connectivity index (χ4n) is 0.810. The van der Waals surface area contributed by atoms with E-state index >= 15 is 0 Å². The predicted octanol–water partition coefficient (Wildman–Crippen LogP) is 4.06. The van der Waals surface area contributed by atoms with Crippen molar-refractivity contribution in [3.8, 4) is 0 Å². The Hall–Kier alpha value is -0.120. The molecule has 0 aliphatic carbocycles. The number of nitrogens with zero attached hydrogens (tertiary/aromatic N) is 1. The molecule has 1 nitrogen and oxygen atoms in total. The van der Waals surface area contributed by atoms with Gasteiger partial charge in [-0.3, -0.25) is 0 Å². The summed E-state index contributed by atoms with van der Waals surface area (Å²) in [4.78, 5) is 3.41. The molecule has 0 atom stereocenters. The number of halogens is 5. The molecule has 0 aliphatic rings. The maximum absolute atomic E-state index is 12.3. The Kier molecular flexibility index (Phi) is 3.71. The van der Waals surface area contributed by atoms with Crippen molar-refractivity contribution in [1.82, 2.24) is 4.98 Å². The van der Waals surface area contributed by atoms with Crippen molar-refractivity contribution in [3.63, 3.8) is 0 Å². The van der Waals surface area contributed by atoms with E-state index in [0.717, 1.165) is 0 Å². The van der Waals surface area contributed by atoms with Crippen molar-refractivity contribution in [2.45, 2.75) is 12.3 Å². The van der Waals surface area contributed by atoms with Crippen molar-refractivity contribution in [3.05, 3.63) is 27.5 Å². The van der Waals surface area contributed by atoms with Crippen LogP contribution in [0.2, 0.25) is 10.2 Å². The molecule has 0 saturated heterocycles. The summed E-state index contributed by atoms with van der Waals surface area (Å²) in [5.41, 5.74) is -0.163. The van der Waals surface area contributed by atoms with Gasteiger partial charge in [-0.1, -0.05) is 23.2 Å². The van der Waals surface area contributed by atoms with Gasteiger partial charge in [0.05, 0.1) is 5.02 Å². The molecule has 1 aromatic rings. The molecule has 0 fully saturated rings. The van der Waals surface area contributed by atoms with Crippen LogP contribution in [-0.2, 0) is 5.88 Å². The zero-order valence-electron chi connectivity index (χ0n) is 6.20. The number of aromatic nitrogens is 1. The fraction of sp³-hybridized carbons (Fsp3) is 0.286. The van der Waals surface area contributed by atoms with Crippen molar-refractivity contribution in [2.75, 3.05) is 0 Å². The Morgan fingerprint density at radius 2 is 2.00 bits per heavy atom. The lowest BCUT2D eigenvalue weighted by molar-refractivity contribution is 0.146. The monoisotopic (exact) mass is 245 g/mol. The van der Waals surface area contributed by atoms with E-state index in [1.807, 2.05) is 0 Å². The summed E-state index contributed by atoms with van der Waals surface area (Å²) in [6.07, 6.45) is -2.74. The average molecular weight is 246 g/mol. The summed E-state index contributed by atoms with van der Waals surface area (Å²) in [5, 5.41) is -0.148. The van der Waals surface area contributed by atoms with Crippen LogP contribution in [0.25, 0.3) is 0 Å². The number of hydrogen-bond donors (Lipinski definition) is 0. The van der Waals surface area contributed by atoms with E-state index in [2.05, 4.69) is 4.98 Å². The number of hydrogen-bond acceptors (Lipinski definition) is 1. The highest BCUT2D eigenvalue weighted by atomic mass is 35.5. The molecule has 0 spiro atoms. The van der Waals surface area contributed by atoms with Crippen LogP contribution >= 0.6 is 34.8 Å². The van der Waals surface area contributed by atoms with Gasteiger partial charge in [0.15, 0.2) is 0 Å². The molecule has 1 aromatic heterocycles. The number of alkyl halides is 3. The largest absolute Gasteiger partial charge is 0.281 e. The van der Waals surface area contributed by atoms with E-state index in [1.54, 1.807) is 0 Å². The van der Waals surface area contributed by atoms with Gasteiger partial charge in [-0.25, -0.2) is 13.8 Å². The molecule has 0 bridgehead atoms. The highest BCUT2D eigenvalue weighted by molar-refractivity contribution is 6.34. The van der Waals surface area contributed by atoms with Crippen LogP contribution < -0.4 is 0 Å². The van der Waals surface area contributed by atoms with Crippen LogP contribution in [0.5, 0.6) is 0 Å². The first-order chi connectivity index (χ1) is 6.06. The Morgan fingerprint density at radius 3 is 2.46 bits per heavy atom. The second-order valence-electron chi connectivity index (χ2n) is 2.24. The molecule has 0 radical (unpaired) electrons. The zero-order chi connectivity index (χ0) is 10.0. The van der Waals surface area contributed by atoms with Gasteiger partial charge in [0, 0.05) is 5.88 Å². The maximum atomic E-state index is 12.3. The first kappa shape index (κ1) is 11.0. The summed E-state index contributed by atoms with van der Waals surface area (Å²) < 4.78 is 24.6. The predicted molar refractivity (Wildman–Crippen MR) is 48.8 cm³/mol. The van der Waals surface area contributed by atoms with Gasteiger partial charge in [0.25, 0.3) is 6.43 Å². The summed E-state index contributed by atoms with van der Waals surface area (Å²) in [6, 6.07) is 1.36. The molecular formula is C7H4Cl3F2N. The summed E-state index contributed by atoms with van der Waals surface area (Å²) >= 11 is 16.5. The maximum Gasteiger partial charge on any atom is 0.281 e. The van der Waals surface area contributed by atoms with E-state index in [1.165, 1.54) is 6.07 Å². The van der Waals surface area contributed by atoms with Crippen LogP contribution in [0.1, 0.15) is 17.7 Å². The standard InChI is InChI=1S/C7H4Cl3F2N/c8-2-3-1-4(9)13-6(5(3)10)7(11)12/h1,7H,2H2. The van der Waals surface area contributed by atoms with E-state index in [9.17, 15) is 8.78 Å². The molecule has 1 rings (SSSR count). The van der Waals surface area contributed by atoms with E-state index in [0.29, 0.717) is 5.56 Å². The van der Waals surface area contributed by atoms with Crippen LogP contribution in [0.15, 0.2) is 6.07 Å². The smallest absolute Gasteiger partial charge is 0.234 e. The highest BCUT2D eigenvalue weighted by Crippen LogP contribution is 2.30. The molecule has 0 amide bonds. The van der Waals surface area contributed by atoms with E-state index in [4.69, 9.17) is 34.8 Å². The second kappa shape index (κ2) is 4.40.